The average molecular weight is 474 g/mol. The van der Waals surface area contributed by atoms with Gasteiger partial charge in [0.1, 0.15) is 0 Å². The fraction of sp³-hybridized carbons (Fsp3) is 0.0500. The molecule has 3 rings (SSSR count). The summed E-state index contributed by atoms with van der Waals surface area (Å²) in [7, 11) is -4.49. The van der Waals surface area contributed by atoms with E-state index in [-0.39, 0.29) is 16.3 Å². The topological polar surface area (TPSA) is 63.2 Å². The Kier molecular flexibility index (Phi) is 6.12. The quantitative estimate of drug-likeness (QED) is 0.459. The molecule has 0 aliphatic rings. The number of benzene rings is 3. The predicted octanol–water partition coefficient (Wildman–Crippen LogP) is 6.04. The molecule has 0 saturated carbocycles. The molecular weight excluding hydrogens is 462 g/mol. The van der Waals surface area contributed by atoms with Gasteiger partial charge in [-0.15, -0.1) is 0 Å². The van der Waals surface area contributed by atoms with E-state index in [1.54, 1.807) is 30.3 Å². The number of hydrogen-bond donors (Lipinski definition) is 1. The van der Waals surface area contributed by atoms with Gasteiger partial charge in [0.05, 0.1) is 21.2 Å². The molecule has 3 aromatic rings. The van der Waals surface area contributed by atoms with Crippen LogP contribution in [0.2, 0.25) is 10.0 Å². The Balaban J connectivity index is 2.04. The summed E-state index contributed by atoms with van der Waals surface area (Å²) in [4.78, 5) is 12.1. The highest BCUT2D eigenvalue weighted by molar-refractivity contribution is 7.92. The number of rotatable bonds is 5. The highest BCUT2D eigenvalue weighted by atomic mass is 35.5. The van der Waals surface area contributed by atoms with E-state index in [0.29, 0.717) is 11.6 Å². The molecule has 0 aliphatic carbocycles. The molecule has 0 saturated heterocycles. The lowest BCUT2D eigenvalue weighted by molar-refractivity contribution is -0.137. The van der Waals surface area contributed by atoms with Crippen LogP contribution in [0.25, 0.3) is 0 Å². The number of alkyl halides is 3. The van der Waals surface area contributed by atoms with Gasteiger partial charge in [0, 0.05) is 16.1 Å². The van der Waals surface area contributed by atoms with E-state index in [0.717, 1.165) is 12.1 Å². The third-order valence-corrected chi connectivity index (χ3v) is 5.99. The maximum Gasteiger partial charge on any atom is 0.417 e. The summed E-state index contributed by atoms with van der Waals surface area (Å²) < 4.78 is 66.9. The molecule has 10 heteroatoms. The van der Waals surface area contributed by atoms with Crippen molar-refractivity contribution in [2.45, 2.75) is 11.1 Å². The van der Waals surface area contributed by atoms with E-state index >= 15 is 0 Å². The number of halogens is 5. The van der Waals surface area contributed by atoms with Crippen molar-refractivity contribution in [1.82, 2.24) is 0 Å². The molecule has 30 heavy (non-hydrogen) atoms. The molecule has 3 aromatic carbocycles. The summed E-state index contributed by atoms with van der Waals surface area (Å²) >= 11 is 11.5. The van der Waals surface area contributed by atoms with Gasteiger partial charge in [-0.25, -0.2) is 8.42 Å². The van der Waals surface area contributed by atoms with Crippen LogP contribution in [0, 0.1) is 0 Å². The third kappa shape index (κ3) is 4.77. The molecule has 0 heterocycles. The van der Waals surface area contributed by atoms with Gasteiger partial charge in [0.25, 0.3) is 10.0 Å². The van der Waals surface area contributed by atoms with Crippen LogP contribution >= 0.6 is 23.2 Å². The standard InChI is InChI=1S/C20H12Cl2F3NO3S/c21-13-6-8-15(19(27)12-4-2-1-3-5-12)18(10-13)26-30(28,29)14-7-9-17(22)16(11-14)20(23,24)25/h1-11,26H. The Labute approximate surface area is 180 Å². The van der Waals surface area contributed by atoms with Crippen LogP contribution in [-0.4, -0.2) is 14.2 Å². The second kappa shape index (κ2) is 8.29. The molecule has 4 nitrogen and oxygen atoms in total. The smallest absolute Gasteiger partial charge is 0.289 e. The normalized spacial score (nSPS) is 11.9. The number of anilines is 1. The Bertz CT molecular complexity index is 1210. The number of carbonyl (C=O) groups excluding carboxylic acids is 1. The summed E-state index contributed by atoms with van der Waals surface area (Å²) in [6.07, 6.45) is -4.84. The Morgan fingerprint density at radius 3 is 2.20 bits per heavy atom. The number of sulfonamides is 1. The summed E-state index contributed by atoms with van der Waals surface area (Å²) in [5.41, 5.74) is -1.18. The molecule has 0 amide bonds. The number of ketones is 1. The molecule has 0 aromatic heterocycles. The van der Waals surface area contributed by atoms with Gasteiger partial charge in [-0.05, 0) is 36.4 Å². The molecule has 0 spiro atoms. The van der Waals surface area contributed by atoms with Crippen molar-refractivity contribution in [3.63, 3.8) is 0 Å². The minimum absolute atomic E-state index is 0.0146. The van der Waals surface area contributed by atoms with Gasteiger partial charge >= 0.3 is 6.18 Å². The Morgan fingerprint density at radius 1 is 0.900 bits per heavy atom. The first-order valence-corrected chi connectivity index (χ1v) is 10.5. The van der Waals surface area contributed by atoms with Gasteiger partial charge in [-0.3, -0.25) is 9.52 Å². The van der Waals surface area contributed by atoms with Crippen molar-refractivity contribution >= 4 is 44.7 Å². The fourth-order valence-corrected chi connectivity index (χ4v) is 4.13. The number of carbonyl (C=O) groups is 1. The van der Waals surface area contributed by atoms with Crippen LogP contribution in [0.3, 0.4) is 0 Å². The first kappa shape index (κ1) is 22.1. The minimum Gasteiger partial charge on any atom is -0.289 e. The van der Waals surface area contributed by atoms with E-state index in [9.17, 15) is 26.4 Å². The molecular formula is C20H12Cl2F3NO3S. The van der Waals surface area contributed by atoms with Crippen LogP contribution in [-0.2, 0) is 16.2 Å². The predicted molar refractivity (Wildman–Crippen MR) is 109 cm³/mol. The molecule has 0 unspecified atom stereocenters. The summed E-state index contributed by atoms with van der Waals surface area (Å²) in [5, 5.41) is -0.506. The Morgan fingerprint density at radius 2 is 1.57 bits per heavy atom. The molecule has 0 bridgehead atoms. The summed E-state index contributed by atoms with van der Waals surface area (Å²) in [6, 6.07) is 14.2. The van der Waals surface area contributed by atoms with Gasteiger partial charge < -0.3 is 0 Å². The van der Waals surface area contributed by atoms with Crippen LogP contribution in [0.15, 0.2) is 71.6 Å². The lowest BCUT2D eigenvalue weighted by atomic mass is 10.0. The fourth-order valence-electron chi connectivity index (χ4n) is 2.64. The number of hydrogen-bond acceptors (Lipinski definition) is 3. The lowest BCUT2D eigenvalue weighted by Gasteiger charge is -2.15. The maximum atomic E-state index is 13.1. The van der Waals surface area contributed by atoms with Crippen molar-refractivity contribution in [2.75, 3.05) is 4.72 Å². The van der Waals surface area contributed by atoms with Crippen molar-refractivity contribution < 1.29 is 26.4 Å². The second-order valence-corrected chi connectivity index (χ2v) is 8.66. The van der Waals surface area contributed by atoms with E-state index in [4.69, 9.17) is 23.2 Å². The largest absolute Gasteiger partial charge is 0.417 e. The summed E-state index contributed by atoms with van der Waals surface area (Å²) in [6.45, 7) is 0. The van der Waals surface area contributed by atoms with Crippen molar-refractivity contribution in [3.8, 4) is 0 Å². The zero-order valence-electron chi connectivity index (χ0n) is 14.9. The lowest BCUT2D eigenvalue weighted by Crippen LogP contribution is -2.17. The zero-order valence-corrected chi connectivity index (χ0v) is 17.2. The first-order valence-electron chi connectivity index (χ1n) is 8.28. The van der Waals surface area contributed by atoms with Gasteiger partial charge in [0.15, 0.2) is 5.78 Å². The van der Waals surface area contributed by atoms with Gasteiger partial charge in [-0.1, -0.05) is 53.5 Å². The molecule has 0 fully saturated rings. The first-order chi connectivity index (χ1) is 14.0. The van der Waals surface area contributed by atoms with Crippen molar-refractivity contribution in [1.29, 1.82) is 0 Å². The van der Waals surface area contributed by atoms with Crippen molar-refractivity contribution in [2.24, 2.45) is 0 Å². The average Bonchev–Trinajstić information content (AvgIpc) is 2.67. The van der Waals surface area contributed by atoms with Crippen LogP contribution in [0.4, 0.5) is 18.9 Å². The van der Waals surface area contributed by atoms with Crippen LogP contribution in [0.1, 0.15) is 21.5 Å². The third-order valence-electron chi connectivity index (χ3n) is 4.06. The second-order valence-electron chi connectivity index (χ2n) is 6.13. The molecule has 156 valence electrons. The molecule has 0 radical (unpaired) electrons. The molecule has 0 atom stereocenters. The van der Waals surface area contributed by atoms with Gasteiger partial charge in [0.2, 0.25) is 0 Å². The minimum atomic E-state index is -4.84. The van der Waals surface area contributed by atoms with Crippen LogP contribution < -0.4 is 4.72 Å². The number of nitrogens with one attached hydrogen (secondary N) is 1. The van der Waals surface area contributed by atoms with E-state index in [1.807, 2.05) is 0 Å². The van der Waals surface area contributed by atoms with E-state index in [1.165, 1.54) is 18.2 Å². The highest BCUT2D eigenvalue weighted by Crippen LogP contribution is 2.36. The maximum absolute atomic E-state index is 13.1. The van der Waals surface area contributed by atoms with Crippen LogP contribution in [0.5, 0.6) is 0 Å². The summed E-state index contributed by atoms with van der Waals surface area (Å²) in [5.74, 6) is -0.489. The Hall–Kier alpha value is -2.55. The SMILES string of the molecule is O=C(c1ccccc1)c1ccc(Cl)cc1NS(=O)(=O)c1ccc(Cl)c(C(F)(F)F)c1. The molecule has 0 aliphatic heterocycles. The van der Waals surface area contributed by atoms with Crippen molar-refractivity contribution in [3.05, 3.63) is 93.5 Å². The van der Waals surface area contributed by atoms with E-state index < -0.39 is 37.5 Å². The monoisotopic (exact) mass is 473 g/mol. The van der Waals surface area contributed by atoms with Gasteiger partial charge in [-0.2, -0.15) is 13.2 Å². The zero-order chi connectivity index (χ0) is 22.1. The highest BCUT2D eigenvalue weighted by Gasteiger charge is 2.34. The van der Waals surface area contributed by atoms with E-state index in [2.05, 4.69) is 4.72 Å². The molecule has 1 N–H and O–H groups in total.